The van der Waals surface area contributed by atoms with Gasteiger partial charge in [-0.05, 0) is 44.5 Å². The van der Waals surface area contributed by atoms with E-state index >= 15 is 0 Å². The number of rotatable bonds is 10. The number of aliphatic hydroxyl groups is 10. The second-order valence-corrected chi connectivity index (χ2v) is 13.9. The van der Waals surface area contributed by atoms with E-state index in [4.69, 9.17) is 32.8 Å². The van der Waals surface area contributed by atoms with Crippen LogP contribution in [0.4, 0.5) is 0 Å². The van der Waals surface area contributed by atoms with Crippen LogP contribution in [0.1, 0.15) is 19.4 Å². The summed E-state index contributed by atoms with van der Waals surface area (Å²) in [4.78, 5) is 14.6. The van der Waals surface area contributed by atoms with Crippen molar-refractivity contribution in [1.82, 2.24) is 0 Å². The molecule has 20 heteroatoms. The first-order valence-electron chi connectivity index (χ1n) is 17.5. The minimum Gasteiger partial charge on any atom is -0.508 e. The Labute approximate surface area is 316 Å². The van der Waals surface area contributed by atoms with E-state index in [2.05, 4.69) is 0 Å². The number of fused-ring (bicyclic) bond motifs is 1. The Morgan fingerprint density at radius 2 is 1.41 bits per heavy atom. The second kappa shape index (κ2) is 16.9. The van der Waals surface area contributed by atoms with Gasteiger partial charge in [-0.25, -0.2) is 0 Å². The Morgan fingerprint density at radius 3 is 2.02 bits per heavy atom. The molecule has 6 rings (SSSR count). The van der Waals surface area contributed by atoms with Crippen LogP contribution in [0.15, 0.2) is 51.2 Å². The predicted octanol–water partition coefficient (Wildman–Crippen LogP) is -2.64. The van der Waals surface area contributed by atoms with Gasteiger partial charge in [-0.1, -0.05) is 11.6 Å². The van der Waals surface area contributed by atoms with E-state index in [1.54, 1.807) is 19.9 Å². The van der Waals surface area contributed by atoms with Crippen molar-refractivity contribution in [2.24, 2.45) is 5.92 Å². The fourth-order valence-corrected chi connectivity index (χ4v) is 6.46. The number of aliphatic hydroxyl groups excluding tert-OH is 10. The van der Waals surface area contributed by atoms with Gasteiger partial charge in [0.25, 0.3) is 0 Å². The number of aromatic hydroxyl groups is 2. The lowest BCUT2D eigenvalue weighted by atomic mass is 9.93. The van der Waals surface area contributed by atoms with Gasteiger partial charge in [0.1, 0.15) is 70.9 Å². The van der Waals surface area contributed by atoms with Crippen LogP contribution in [-0.2, 0) is 25.4 Å². The van der Waals surface area contributed by atoms with Gasteiger partial charge in [-0.3, -0.25) is 4.79 Å². The fraction of sp³-hybridized carbons (Fsp3) is 0.528. The van der Waals surface area contributed by atoms with Crippen LogP contribution in [0.2, 0.25) is 0 Å². The number of allylic oxidation sites excluding steroid dienone is 2. The van der Waals surface area contributed by atoms with E-state index in [1.807, 2.05) is 0 Å². The molecule has 3 aliphatic rings. The molecule has 3 aliphatic heterocycles. The van der Waals surface area contributed by atoms with Crippen molar-refractivity contribution < 1.29 is 94.1 Å². The second-order valence-electron chi connectivity index (χ2n) is 13.9. The largest absolute Gasteiger partial charge is 0.508 e. The van der Waals surface area contributed by atoms with E-state index in [9.17, 15) is 66.1 Å². The lowest BCUT2D eigenvalue weighted by molar-refractivity contribution is -0.370. The average Bonchev–Trinajstić information content (AvgIpc) is 3.16. The van der Waals surface area contributed by atoms with Crippen molar-refractivity contribution in [1.29, 1.82) is 0 Å². The molecule has 308 valence electrons. The maximum Gasteiger partial charge on any atom is 0.239 e. The quantitative estimate of drug-likeness (QED) is 0.0933. The summed E-state index contributed by atoms with van der Waals surface area (Å²) in [7, 11) is 0. The zero-order valence-electron chi connectivity index (χ0n) is 29.8. The van der Waals surface area contributed by atoms with Gasteiger partial charge < -0.3 is 94.1 Å². The number of hydrogen-bond acceptors (Lipinski definition) is 20. The Hall–Kier alpha value is -3.97. The van der Waals surface area contributed by atoms with Crippen molar-refractivity contribution in [3.63, 3.8) is 0 Å². The van der Waals surface area contributed by atoms with E-state index in [0.717, 1.165) is 11.6 Å². The summed E-state index contributed by atoms with van der Waals surface area (Å²) in [5.74, 6) is -3.35. The minimum atomic E-state index is -2.03. The number of benzene rings is 2. The molecule has 2 aromatic carbocycles. The summed E-state index contributed by atoms with van der Waals surface area (Å²) in [5.41, 5.74) is -0.276. The SMILES string of the molecule is CC(C)=CCc1c(O[C@@H]2O[C@H](O)[C@@H](O)[C@H](O)[C@H]2O)cc(O)c2c(=O)c(O[C@H]3OC[C@H](O)[C@@H](CO)[C@@H]3O[C@@H]3O[C@H](O)[C@@H](O)[C@H](O)[C@H]3O)c(-c3ccc(O)cc3)oc12. The highest BCUT2D eigenvalue weighted by Gasteiger charge is 2.50. The topological polar surface area (TPSA) is 328 Å². The van der Waals surface area contributed by atoms with Gasteiger partial charge in [-0.2, -0.15) is 0 Å². The van der Waals surface area contributed by atoms with Gasteiger partial charge in [0.2, 0.25) is 23.8 Å². The third-order valence-corrected chi connectivity index (χ3v) is 9.69. The Morgan fingerprint density at radius 1 is 0.804 bits per heavy atom. The smallest absolute Gasteiger partial charge is 0.239 e. The molecule has 0 saturated carbocycles. The molecular formula is C36H44O20. The molecule has 56 heavy (non-hydrogen) atoms. The van der Waals surface area contributed by atoms with Crippen LogP contribution in [0.25, 0.3) is 22.3 Å². The molecule has 0 unspecified atom stereocenters. The minimum absolute atomic E-state index is 0.0308. The van der Waals surface area contributed by atoms with E-state index < -0.39 is 122 Å². The summed E-state index contributed by atoms with van der Waals surface area (Å²) >= 11 is 0. The highest BCUT2D eigenvalue weighted by molar-refractivity contribution is 5.91. The Balaban J connectivity index is 1.49. The monoisotopic (exact) mass is 796 g/mol. The maximum absolute atomic E-state index is 14.6. The van der Waals surface area contributed by atoms with Gasteiger partial charge in [0.05, 0.1) is 19.3 Å². The fourth-order valence-electron chi connectivity index (χ4n) is 6.46. The van der Waals surface area contributed by atoms with Crippen LogP contribution < -0.4 is 14.9 Å². The molecule has 3 saturated heterocycles. The lowest BCUT2D eigenvalue weighted by Crippen LogP contribution is -2.62. The molecule has 14 atom stereocenters. The molecule has 12 N–H and O–H groups in total. The van der Waals surface area contributed by atoms with Gasteiger partial charge in [0.15, 0.2) is 24.6 Å². The van der Waals surface area contributed by atoms with Gasteiger partial charge >= 0.3 is 0 Å². The lowest BCUT2D eigenvalue weighted by Gasteiger charge is -2.44. The standard InChI is InChI=1S/C36H44O20/c1-12(2)3-8-15-19(51-34-26(46)22(42)24(44)32(48)55-34)9-17(39)20-21(41)31(28(52-29(15)20)13-4-6-14(38)7-5-13)54-36-30(16(10-37)18(40)11-50-36)53-35-27(47)23(43)25(45)33(49)56-35/h3-7,9,16,18,22-27,30,32-40,42-49H,8,10-11H2,1-2H3/t16-,18+,22+,23+,24+,25+,26-,27-,30+,32+,33+,34-,35-,36-/m1/s1. The Kier molecular flexibility index (Phi) is 12.5. The molecule has 0 bridgehead atoms. The van der Waals surface area contributed by atoms with Crippen molar-refractivity contribution in [3.8, 4) is 34.3 Å². The average molecular weight is 797 g/mol. The highest BCUT2D eigenvalue weighted by atomic mass is 16.8. The number of hydrogen-bond donors (Lipinski definition) is 12. The molecule has 4 heterocycles. The molecular weight excluding hydrogens is 752 g/mol. The highest BCUT2D eigenvalue weighted by Crippen LogP contribution is 2.42. The number of phenolic OH excluding ortho intramolecular Hbond substituents is 2. The molecule has 0 amide bonds. The van der Waals surface area contributed by atoms with Gasteiger partial charge in [0, 0.05) is 23.1 Å². The normalized spacial score (nSPS) is 34.9. The summed E-state index contributed by atoms with van der Waals surface area (Å²) < 4.78 is 40.1. The summed E-state index contributed by atoms with van der Waals surface area (Å²) in [6.07, 6.45) is -22.2. The van der Waals surface area contributed by atoms with Crippen LogP contribution >= 0.6 is 0 Å². The molecule has 20 nitrogen and oxygen atoms in total. The van der Waals surface area contributed by atoms with Crippen molar-refractivity contribution in [2.45, 2.75) is 101 Å². The first-order chi connectivity index (χ1) is 26.5. The third-order valence-electron chi connectivity index (χ3n) is 9.69. The van der Waals surface area contributed by atoms with Crippen molar-refractivity contribution >= 4 is 11.0 Å². The molecule has 3 fully saturated rings. The first kappa shape index (κ1) is 41.7. The van der Waals surface area contributed by atoms with E-state index in [0.29, 0.717) is 0 Å². The molecule has 1 aromatic heterocycles. The predicted molar refractivity (Wildman–Crippen MR) is 185 cm³/mol. The van der Waals surface area contributed by atoms with Crippen LogP contribution in [-0.4, -0.2) is 155 Å². The zero-order valence-corrected chi connectivity index (χ0v) is 29.8. The number of phenols is 2. The van der Waals surface area contributed by atoms with E-state index in [1.165, 1.54) is 24.3 Å². The molecule has 3 aromatic rings. The zero-order chi connectivity index (χ0) is 40.7. The van der Waals surface area contributed by atoms with Crippen molar-refractivity contribution in [2.75, 3.05) is 13.2 Å². The van der Waals surface area contributed by atoms with Crippen LogP contribution in [0.5, 0.6) is 23.0 Å². The van der Waals surface area contributed by atoms with E-state index in [-0.39, 0.29) is 40.4 Å². The number of ether oxygens (including phenoxy) is 6. The van der Waals surface area contributed by atoms with Crippen molar-refractivity contribution in [3.05, 3.63) is 57.8 Å². The summed E-state index contributed by atoms with van der Waals surface area (Å²) in [5, 5.41) is 124. The molecule has 0 radical (unpaired) electrons. The first-order valence-corrected chi connectivity index (χ1v) is 17.5. The maximum atomic E-state index is 14.6. The third kappa shape index (κ3) is 8.08. The Bertz CT molecular complexity index is 1930. The molecule has 0 aliphatic carbocycles. The molecule has 0 spiro atoms. The summed E-state index contributed by atoms with van der Waals surface area (Å²) in [6, 6.07) is 6.25. The van der Waals surface area contributed by atoms with Crippen LogP contribution in [0, 0.1) is 5.92 Å². The summed E-state index contributed by atoms with van der Waals surface area (Å²) in [6.45, 7) is 2.30. The van der Waals surface area contributed by atoms with Crippen LogP contribution in [0.3, 0.4) is 0 Å². The van der Waals surface area contributed by atoms with Gasteiger partial charge in [-0.15, -0.1) is 0 Å².